The maximum Gasteiger partial charge on any atom is 0.633 e. The maximum atomic E-state index is 6.43. The normalized spacial score (nSPS) is 15.2. The molecule has 166 valence electrons. The summed E-state index contributed by atoms with van der Waals surface area (Å²) < 4.78 is 12.9. The summed E-state index contributed by atoms with van der Waals surface area (Å²) >= 11 is 0. The van der Waals surface area contributed by atoms with Gasteiger partial charge >= 0.3 is 7.12 Å². The highest BCUT2D eigenvalue weighted by atomic mass is 16.6. The molecular formula is C30H31BO2. The van der Waals surface area contributed by atoms with Crippen LogP contribution in [-0.2, 0) is 20.1 Å². The molecule has 3 aromatic rings. The SMILES string of the molecule is CC(C)(C)c1ccc(C2=Cc3cccc4c3B(O2)OC(c2ccc(C(C)(C)C)cc2)=C4)cc1. The first-order valence-corrected chi connectivity index (χ1v) is 11.7. The predicted octanol–water partition coefficient (Wildman–Crippen LogP) is 7.03. The summed E-state index contributed by atoms with van der Waals surface area (Å²) in [4.78, 5) is 0. The van der Waals surface area contributed by atoms with Gasteiger partial charge < -0.3 is 9.31 Å². The van der Waals surface area contributed by atoms with E-state index in [-0.39, 0.29) is 10.8 Å². The first-order chi connectivity index (χ1) is 15.6. The van der Waals surface area contributed by atoms with Crippen LogP contribution in [0.3, 0.4) is 0 Å². The Labute approximate surface area is 198 Å². The van der Waals surface area contributed by atoms with Gasteiger partial charge in [-0.2, -0.15) is 0 Å². The third-order valence-electron chi connectivity index (χ3n) is 6.52. The Morgan fingerprint density at radius 1 is 0.545 bits per heavy atom. The third-order valence-corrected chi connectivity index (χ3v) is 6.52. The van der Waals surface area contributed by atoms with E-state index in [0.29, 0.717) is 0 Å². The van der Waals surface area contributed by atoms with Crippen molar-refractivity contribution in [2.45, 2.75) is 52.4 Å². The molecule has 2 nitrogen and oxygen atoms in total. The fraction of sp³-hybridized carbons (Fsp3) is 0.267. The van der Waals surface area contributed by atoms with Gasteiger partial charge in [-0.3, -0.25) is 0 Å². The molecule has 0 amide bonds. The molecular weight excluding hydrogens is 403 g/mol. The Hall–Kier alpha value is -3.20. The Kier molecular flexibility index (Phi) is 5.04. The minimum Gasteiger partial charge on any atom is -0.521 e. The molecule has 0 bridgehead atoms. The quantitative estimate of drug-likeness (QED) is 0.403. The van der Waals surface area contributed by atoms with Crippen molar-refractivity contribution in [1.29, 1.82) is 0 Å². The fourth-order valence-corrected chi connectivity index (χ4v) is 4.42. The summed E-state index contributed by atoms with van der Waals surface area (Å²) in [6, 6.07) is 23.7. The van der Waals surface area contributed by atoms with Crippen molar-refractivity contribution >= 4 is 36.3 Å². The fourth-order valence-electron chi connectivity index (χ4n) is 4.42. The zero-order chi connectivity index (χ0) is 23.4. The minimum absolute atomic E-state index is 0.122. The molecule has 0 spiro atoms. The lowest BCUT2D eigenvalue weighted by atomic mass is 9.69. The van der Waals surface area contributed by atoms with Crippen molar-refractivity contribution in [2.24, 2.45) is 0 Å². The van der Waals surface area contributed by atoms with E-state index in [4.69, 9.17) is 9.31 Å². The smallest absolute Gasteiger partial charge is 0.521 e. The highest BCUT2D eigenvalue weighted by Gasteiger charge is 2.38. The van der Waals surface area contributed by atoms with E-state index < -0.39 is 7.12 Å². The highest BCUT2D eigenvalue weighted by molar-refractivity contribution is 6.66. The van der Waals surface area contributed by atoms with Crippen molar-refractivity contribution in [3.63, 3.8) is 0 Å². The van der Waals surface area contributed by atoms with Gasteiger partial charge in [-0.25, -0.2) is 0 Å². The van der Waals surface area contributed by atoms with Gasteiger partial charge in [0.2, 0.25) is 0 Å². The highest BCUT2D eigenvalue weighted by Crippen LogP contribution is 2.34. The largest absolute Gasteiger partial charge is 0.633 e. The second-order valence-electron chi connectivity index (χ2n) is 11.1. The maximum absolute atomic E-state index is 6.43. The van der Waals surface area contributed by atoms with E-state index in [1.54, 1.807) is 0 Å². The molecule has 0 radical (unpaired) electrons. The molecule has 0 aromatic heterocycles. The van der Waals surface area contributed by atoms with Crippen molar-refractivity contribution in [3.8, 4) is 0 Å². The van der Waals surface area contributed by atoms with Crippen LogP contribution in [0, 0.1) is 0 Å². The molecule has 5 rings (SSSR count). The van der Waals surface area contributed by atoms with Gasteiger partial charge in [-0.1, -0.05) is 108 Å². The predicted molar refractivity (Wildman–Crippen MR) is 140 cm³/mol. The van der Waals surface area contributed by atoms with Crippen molar-refractivity contribution in [1.82, 2.24) is 0 Å². The monoisotopic (exact) mass is 434 g/mol. The first kappa shape index (κ1) is 21.6. The Morgan fingerprint density at radius 2 is 0.939 bits per heavy atom. The lowest BCUT2D eigenvalue weighted by Crippen LogP contribution is -2.43. The van der Waals surface area contributed by atoms with Gasteiger partial charge in [0.25, 0.3) is 0 Å². The number of rotatable bonds is 2. The van der Waals surface area contributed by atoms with Crippen LogP contribution in [0.25, 0.3) is 23.7 Å². The minimum atomic E-state index is -0.458. The molecule has 0 atom stereocenters. The summed E-state index contributed by atoms with van der Waals surface area (Å²) in [5.74, 6) is 1.68. The molecule has 3 heteroatoms. The number of hydrogen-bond acceptors (Lipinski definition) is 2. The molecule has 0 saturated carbocycles. The number of benzene rings is 3. The summed E-state index contributed by atoms with van der Waals surface area (Å²) in [6.07, 6.45) is 4.25. The summed E-state index contributed by atoms with van der Waals surface area (Å²) in [5.41, 5.74) is 8.39. The van der Waals surface area contributed by atoms with Crippen LogP contribution in [0.2, 0.25) is 0 Å². The average Bonchev–Trinajstić information content (AvgIpc) is 2.78. The second-order valence-corrected chi connectivity index (χ2v) is 11.1. The van der Waals surface area contributed by atoms with Crippen molar-refractivity contribution < 1.29 is 9.31 Å². The summed E-state index contributed by atoms with van der Waals surface area (Å²) in [5, 5.41) is 0. The van der Waals surface area contributed by atoms with Gasteiger partial charge in [0, 0.05) is 16.6 Å². The van der Waals surface area contributed by atoms with Crippen LogP contribution >= 0.6 is 0 Å². The van der Waals surface area contributed by atoms with Crippen LogP contribution in [-0.4, -0.2) is 7.12 Å². The average molecular weight is 434 g/mol. The number of hydrogen-bond donors (Lipinski definition) is 0. The van der Waals surface area contributed by atoms with Gasteiger partial charge in [-0.05, 0) is 45.2 Å². The molecule has 0 saturated heterocycles. The van der Waals surface area contributed by atoms with Crippen LogP contribution in [0.1, 0.15) is 74.9 Å². The molecule has 0 aliphatic carbocycles. The van der Waals surface area contributed by atoms with Crippen LogP contribution in [0.5, 0.6) is 0 Å². The van der Waals surface area contributed by atoms with Gasteiger partial charge in [0.05, 0.1) is 0 Å². The molecule has 0 fully saturated rings. The van der Waals surface area contributed by atoms with E-state index in [9.17, 15) is 0 Å². The lowest BCUT2D eigenvalue weighted by molar-refractivity contribution is 0.391. The van der Waals surface area contributed by atoms with Crippen LogP contribution in [0.4, 0.5) is 0 Å². The zero-order valence-corrected chi connectivity index (χ0v) is 20.4. The molecule has 2 heterocycles. The summed E-state index contributed by atoms with van der Waals surface area (Å²) in [6.45, 7) is 13.4. The Balaban J connectivity index is 1.48. The first-order valence-electron chi connectivity index (χ1n) is 11.7. The van der Waals surface area contributed by atoms with Crippen molar-refractivity contribution in [3.05, 3.63) is 100 Å². The summed E-state index contributed by atoms with van der Waals surface area (Å²) in [7, 11) is -0.458. The van der Waals surface area contributed by atoms with E-state index in [1.807, 2.05) is 0 Å². The second kappa shape index (κ2) is 7.69. The standard InChI is InChI=1S/C30H31BO2/c1-29(2,3)24-14-10-20(11-15-24)26-18-22-8-7-9-23-19-27(33-31(32-26)28(22)23)21-12-16-25(17-13-21)30(4,5)6/h7-19H,1-6H3. The molecule has 0 unspecified atom stereocenters. The topological polar surface area (TPSA) is 18.5 Å². The van der Waals surface area contributed by atoms with Crippen molar-refractivity contribution in [2.75, 3.05) is 0 Å². The van der Waals surface area contributed by atoms with E-state index >= 15 is 0 Å². The molecule has 0 N–H and O–H groups in total. The molecule has 2 aliphatic heterocycles. The zero-order valence-electron chi connectivity index (χ0n) is 20.4. The van der Waals surface area contributed by atoms with Gasteiger partial charge in [-0.15, -0.1) is 0 Å². The van der Waals surface area contributed by atoms with Gasteiger partial charge in [0.1, 0.15) is 11.5 Å². The third kappa shape index (κ3) is 4.13. The van der Waals surface area contributed by atoms with Crippen LogP contribution in [0.15, 0.2) is 66.7 Å². The Bertz CT molecular complexity index is 1150. The van der Waals surface area contributed by atoms with E-state index in [0.717, 1.165) is 39.2 Å². The van der Waals surface area contributed by atoms with E-state index in [2.05, 4.69) is 120 Å². The lowest BCUT2D eigenvalue weighted by Gasteiger charge is -2.30. The van der Waals surface area contributed by atoms with E-state index in [1.165, 1.54) is 11.1 Å². The Morgan fingerprint density at radius 3 is 1.30 bits per heavy atom. The van der Waals surface area contributed by atoms with Gasteiger partial charge in [0.15, 0.2) is 0 Å². The van der Waals surface area contributed by atoms with Crippen LogP contribution < -0.4 is 5.46 Å². The molecule has 2 aliphatic rings. The molecule has 3 aromatic carbocycles. The molecule has 33 heavy (non-hydrogen) atoms.